The lowest BCUT2D eigenvalue weighted by Crippen LogP contribution is -2.34. The standard InChI is InChI=1S/C25H24N4O6/c1-11-14(9-26-32)19-21(27-11)16(30)7-18-25(19)8-13(25)10-29(18)24(31)15-5-12-6-17(33-2)22(34-3)23(35-4)20(12)28-15/h5-7,9,13,27-28,32H,8,10H2,1-4H3/b26-9+/t13-,25+/m1/s1. The summed E-state index contributed by atoms with van der Waals surface area (Å²) in [6.07, 6.45) is 3.76. The van der Waals surface area contributed by atoms with Crippen molar-refractivity contribution in [2.24, 2.45) is 11.1 Å². The largest absolute Gasteiger partial charge is 0.493 e. The second kappa shape index (κ2) is 7.14. The van der Waals surface area contributed by atoms with Crippen molar-refractivity contribution in [3.63, 3.8) is 0 Å². The number of hydrogen-bond donors (Lipinski definition) is 3. The van der Waals surface area contributed by atoms with E-state index in [9.17, 15) is 14.8 Å². The van der Waals surface area contributed by atoms with Crippen LogP contribution in [0.2, 0.25) is 0 Å². The highest BCUT2D eigenvalue weighted by molar-refractivity contribution is 6.11. The van der Waals surface area contributed by atoms with E-state index >= 15 is 0 Å². The van der Waals surface area contributed by atoms with Crippen molar-refractivity contribution in [3.05, 3.63) is 52.1 Å². The Balaban J connectivity index is 1.43. The van der Waals surface area contributed by atoms with E-state index in [4.69, 9.17) is 14.2 Å². The molecular weight excluding hydrogens is 452 g/mol. The number of benzene rings is 1. The monoisotopic (exact) mass is 476 g/mol. The molecule has 2 aromatic heterocycles. The number of aromatic nitrogens is 2. The number of oxime groups is 1. The molecule has 1 aliphatic heterocycles. The van der Waals surface area contributed by atoms with Gasteiger partial charge in [-0.3, -0.25) is 9.59 Å². The van der Waals surface area contributed by atoms with Crippen molar-refractivity contribution in [2.75, 3.05) is 27.9 Å². The first-order chi connectivity index (χ1) is 16.9. The summed E-state index contributed by atoms with van der Waals surface area (Å²) < 4.78 is 16.5. The van der Waals surface area contributed by atoms with Crippen molar-refractivity contribution in [1.29, 1.82) is 0 Å². The Kier molecular flexibility index (Phi) is 4.35. The van der Waals surface area contributed by atoms with E-state index in [1.165, 1.54) is 27.5 Å². The Hall–Kier alpha value is -4.21. The number of likely N-dealkylation sites (tertiary alicyclic amines) is 1. The topological polar surface area (TPSA) is 129 Å². The smallest absolute Gasteiger partial charge is 0.274 e. The third-order valence-corrected chi connectivity index (χ3v) is 7.53. The molecule has 0 unspecified atom stereocenters. The lowest BCUT2D eigenvalue weighted by Gasteiger charge is -2.28. The number of nitrogens with zero attached hydrogens (tertiary/aromatic N) is 2. The van der Waals surface area contributed by atoms with Crippen molar-refractivity contribution >= 4 is 28.8 Å². The van der Waals surface area contributed by atoms with Gasteiger partial charge in [-0.25, -0.2) is 0 Å². The number of rotatable bonds is 5. The Bertz CT molecular complexity index is 1500. The van der Waals surface area contributed by atoms with E-state index in [0.29, 0.717) is 52.0 Å². The molecule has 1 saturated heterocycles. The van der Waals surface area contributed by atoms with Crippen LogP contribution in [0.25, 0.3) is 10.9 Å². The van der Waals surface area contributed by atoms with Crippen LogP contribution in [-0.2, 0) is 5.41 Å². The van der Waals surface area contributed by atoms with Gasteiger partial charge in [0.15, 0.2) is 11.5 Å². The number of hydrogen-bond acceptors (Lipinski definition) is 7. The van der Waals surface area contributed by atoms with Gasteiger partial charge in [0, 0.05) is 45.9 Å². The molecule has 2 aliphatic carbocycles. The average molecular weight is 476 g/mol. The van der Waals surface area contributed by atoms with Gasteiger partial charge in [-0.1, -0.05) is 5.16 Å². The van der Waals surface area contributed by atoms with Crippen LogP contribution >= 0.6 is 0 Å². The fraction of sp³-hybridized carbons (Fsp3) is 0.320. The molecule has 1 spiro atoms. The van der Waals surface area contributed by atoms with E-state index in [2.05, 4.69) is 15.1 Å². The maximum absolute atomic E-state index is 13.7. The number of nitrogens with one attached hydrogen (secondary N) is 2. The number of methoxy groups -OCH3 is 3. The van der Waals surface area contributed by atoms with Gasteiger partial charge >= 0.3 is 0 Å². The second-order valence-corrected chi connectivity index (χ2v) is 9.13. The zero-order valence-electron chi connectivity index (χ0n) is 19.7. The molecule has 2 fully saturated rings. The van der Waals surface area contributed by atoms with Crippen LogP contribution in [0.5, 0.6) is 17.2 Å². The molecule has 3 aromatic rings. The quantitative estimate of drug-likeness (QED) is 0.295. The number of amides is 1. The molecule has 6 rings (SSSR count). The normalized spacial score (nSPS) is 22.2. The first kappa shape index (κ1) is 21.3. The minimum absolute atomic E-state index is 0.185. The average Bonchev–Trinajstić information content (AvgIpc) is 3.11. The van der Waals surface area contributed by atoms with Gasteiger partial charge in [-0.2, -0.15) is 0 Å². The summed E-state index contributed by atoms with van der Waals surface area (Å²) in [5.41, 5.74) is 4.03. The number of piperidine rings is 1. The number of fused-ring (bicyclic) bond motifs is 2. The van der Waals surface area contributed by atoms with Crippen LogP contribution in [0.15, 0.2) is 29.1 Å². The lowest BCUT2D eigenvalue weighted by atomic mass is 9.83. The van der Waals surface area contributed by atoms with Gasteiger partial charge in [0.1, 0.15) is 5.69 Å². The number of ketones is 1. The summed E-state index contributed by atoms with van der Waals surface area (Å²) in [6, 6.07) is 3.53. The molecule has 3 heterocycles. The van der Waals surface area contributed by atoms with Crippen LogP contribution in [0.4, 0.5) is 0 Å². The van der Waals surface area contributed by atoms with Gasteiger partial charge in [-0.15, -0.1) is 0 Å². The van der Waals surface area contributed by atoms with Crippen LogP contribution in [0.3, 0.4) is 0 Å². The highest BCUT2D eigenvalue weighted by Crippen LogP contribution is 2.67. The number of allylic oxidation sites excluding steroid dienone is 2. The molecule has 3 N–H and O–H groups in total. The third-order valence-electron chi connectivity index (χ3n) is 7.53. The van der Waals surface area contributed by atoms with Gasteiger partial charge in [0.25, 0.3) is 5.91 Å². The van der Waals surface area contributed by atoms with E-state index in [0.717, 1.165) is 23.1 Å². The molecule has 180 valence electrons. The number of carbonyl (C=O) groups excluding carboxylic acids is 2. The van der Waals surface area contributed by atoms with Crippen LogP contribution in [0.1, 0.15) is 44.2 Å². The lowest BCUT2D eigenvalue weighted by molar-refractivity contribution is 0.0806. The molecule has 10 nitrogen and oxygen atoms in total. The molecule has 0 bridgehead atoms. The summed E-state index contributed by atoms with van der Waals surface area (Å²) in [5, 5.41) is 13.2. The predicted octanol–water partition coefficient (Wildman–Crippen LogP) is 3.13. The van der Waals surface area contributed by atoms with E-state index in [1.54, 1.807) is 23.1 Å². The Morgan fingerprint density at radius 1 is 1.20 bits per heavy atom. The number of carbonyl (C=O) groups is 2. The molecule has 35 heavy (non-hydrogen) atoms. The molecular formula is C25H24N4O6. The Morgan fingerprint density at radius 3 is 2.66 bits per heavy atom. The van der Waals surface area contributed by atoms with Crippen molar-refractivity contribution in [3.8, 4) is 17.2 Å². The third kappa shape index (κ3) is 2.62. The van der Waals surface area contributed by atoms with Gasteiger partial charge in [0.05, 0.1) is 38.8 Å². The maximum Gasteiger partial charge on any atom is 0.274 e. The summed E-state index contributed by atoms with van der Waals surface area (Å²) in [6.45, 7) is 2.34. The van der Waals surface area contributed by atoms with E-state index in [-0.39, 0.29) is 17.6 Å². The van der Waals surface area contributed by atoms with Crippen molar-refractivity contribution in [1.82, 2.24) is 14.9 Å². The highest BCUT2D eigenvalue weighted by atomic mass is 16.5. The van der Waals surface area contributed by atoms with E-state index in [1.807, 2.05) is 6.92 Å². The molecule has 1 amide bonds. The number of H-pyrrole nitrogens is 2. The van der Waals surface area contributed by atoms with Crippen molar-refractivity contribution in [2.45, 2.75) is 18.8 Å². The first-order valence-electron chi connectivity index (χ1n) is 11.2. The molecule has 1 aromatic carbocycles. The zero-order valence-corrected chi connectivity index (χ0v) is 19.7. The minimum atomic E-state index is -0.434. The molecule has 3 aliphatic rings. The van der Waals surface area contributed by atoms with E-state index < -0.39 is 5.41 Å². The predicted molar refractivity (Wildman–Crippen MR) is 126 cm³/mol. The Labute approximate surface area is 200 Å². The summed E-state index contributed by atoms with van der Waals surface area (Å²) >= 11 is 0. The van der Waals surface area contributed by atoms with Crippen LogP contribution < -0.4 is 14.2 Å². The van der Waals surface area contributed by atoms with Gasteiger partial charge in [-0.05, 0) is 31.4 Å². The van der Waals surface area contributed by atoms with Crippen molar-refractivity contribution < 1.29 is 29.0 Å². The second-order valence-electron chi connectivity index (χ2n) is 9.13. The molecule has 0 radical (unpaired) electrons. The minimum Gasteiger partial charge on any atom is -0.493 e. The van der Waals surface area contributed by atoms with Crippen LogP contribution in [0, 0.1) is 12.8 Å². The molecule has 1 saturated carbocycles. The van der Waals surface area contributed by atoms with Crippen LogP contribution in [-0.4, -0.2) is 65.9 Å². The van der Waals surface area contributed by atoms with Gasteiger partial charge < -0.3 is 34.3 Å². The van der Waals surface area contributed by atoms with Gasteiger partial charge in [0.2, 0.25) is 11.5 Å². The zero-order chi connectivity index (χ0) is 24.6. The number of aromatic amines is 2. The highest BCUT2D eigenvalue weighted by Gasteiger charge is 2.68. The first-order valence-corrected chi connectivity index (χ1v) is 11.2. The summed E-state index contributed by atoms with van der Waals surface area (Å²) in [4.78, 5) is 34.8. The number of aryl methyl sites for hydroxylation is 1. The fourth-order valence-corrected chi connectivity index (χ4v) is 5.96. The summed E-state index contributed by atoms with van der Waals surface area (Å²) in [5.74, 6) is 1.11. The fourth-order valence-electron chi connectivity index (χ4n) is 5.96. The summed E-state index contributed by atoms with van der Waals surface area (Å²) in [7, 11) is 4.59. The SMILES string of the molecule is COc1cc2cc(C(=O)N3C[C@H]4C[C@@]45C3=CC(=O)c3[nH]c(C)c(/C=N/O)c35)[nH]c2c(OC)c1OC. The molecule has 2 atom stereocenters. The number of ether oxygens (including phenoxy) is 3. The molecule has 10 heteroatoms. The Morgan fingerprint density at radius 2 is 1.97 bits per heavy atom. The maximum atomic E-state index is 13.7.